The lowest BCUT2D eigenvalue weighted by Gasteiger charge is -2.26. The number of anilines is 1. The van der Waals surface area contributed by atoms with E-state index in [0.29, 0.717) is 5.75 Å². The van der Waals surface area contributed by atoms with Gasteiger partial charge in [-0.2, -0.15) is 0 Å². The predicted octanol–water partition coefficient (Wildman–Crippen LogP) is 2.27. The summed E-state index contributed by atoms with van der Waals surface area (Å²) in [5, 5.41) is 13.2. The van der Waals surface area contributed by atoms with Crippen LogP contribution in [-0.4, -0.2) is 29.9 Å². The molecule has 0 unspecified atom stereocenters. The highest BCUT2D eigenvalue weighted by Crippen LogP contribution is 2.26. The lowest BCUT2D eigenvalue weighted by Crippen LogP contribution is -2.54. The minimum Gasteiger partial charge on any atom is -0.497 e. The van der Waals surface area contributed by atoms with E-state index in [1.54, 1.807) is 12.1 Å². The Bertz CT molecular complexity index is 981. The summed E-state index contributed by atoms with van der Waals surface area (Å²) in [6.07, 6.45) is 1.10. The monoisotopic (exact) mass is 367 g/mol. The van der Waals surface area contributed by atoms with Crippen molar-refractivity contribution in [2.45, 2.75) is 0 Å². The summed E-state index contributed by atoms with van der Waals surface area (Å²) in [6, 6.07) is 10.8. The van der Waals surface area contributed by atoms with Crippen molar-refractivity contribution in [3.05, 3.63) is 69.8 Å². The molecule has 0 bridgehead atoms. The number of barbiturate groups is 1. The van der Waals surface area contributed by atoms with Crippen LogP contribution in [0.15, 0.2) is 54.1 Å². The number of ether oxygens (including phenoxy) is 1. The summed E-state index contributed by atoms with van der Waals surface area (Å²) in [5.41, 5.74) is -0.359. The number of urea groups is 1. The predicted molar refractivity (Wildman–Crippen MR) is 95.1 cm³/mol. The number of imide groups is 2. The van der Waals surface area contributed by atoms with Crippen LogP contribution >= 0.6 is 0 Å². The Balaban J connectivity index is 2.03. The zero-order valence-corrected chi connectivity index (χ0v) is 14.0. The molecule has 9 nitrogen and oxygen atoms in total. The fourth-order valence-corrected chi connectivity index (χ4v) is 2.55. The van der Waals surface area contributed by atoms with Crippen molar-refractivity contribution in [3.8, 4) is 5.75 Å². The largest absolute Gasteiger partial charge is 0.497 e. The molecule has 0 saturated carbocycles. The molecule has 136 valence electrons. The number of carbonyl (C=O) groups is 3. The Morgan fingerprint density at radius 3 is 2.37 bits per heavy atom. The summed E-state index contributed by atoms with van der Waals surface area (Å²) in [5.74, 6) is -1.28. The molecular formula is C18H13N3O6. The smallest absolute Gasteiger partial charge is 0.335 e. The van der Waals surface area contributed by atoms with Gasteiger partial charge in [0.1, 0.15) is 11.3 Å². The maximum absolute atomic E-state index is 12.8. The van der Waals surface area contributed by atoms with Gasteiger partial charge in [0, 0.05) is 6.07 Å². The second-order valence-electron chi connectivity index (χ2n) is 5.47. The summed E-state index contributed by atoms with van der Waals surface area (Å²) in [4.78, 5) is 48.3. The SMILES string of the molecule is COc1ccc(N2C(=O)NC(=O)C(=Cc3ccccc3[N+](=O)[O-])C2=O)cc1. The van der Waals surface area contributed by atoms with Crippen molar-refractivity contribution in [2.24, 2.45) is 0 Å². The molecule has 1 heterocycles. The van der Waals surface area contributed by atoms with Gasteiger partial charge in [0.25, 0.3) is 17.5 Å². The Kier molecular flexibility index (Phi) is 4.67. The van der Waals surface area contributed by atoms with Crippen molar-refractivity contribution in [1.82, 2.24) is 5.32 Å². The van der Waals surface area contributed by atoms with E-state index in [-0.39, 0.29) is 22.5 Å². The van der Waals surface area contributed by atoms with E-state index < -0.39 is 22.8 Å². The molecule has 27 heavy (non-hydrogen) atoms. The summed E-state index contributed by atoms with van der Waals surface area (Å²) in [6.45, 7) is 0. The molecule has 9 heteroatoms. The van der Waals surface area contributed by atoms with Gasteiger partial charge in [-0.1, -0.05) is 12.1 Å². The van der Waals surface area contributed by atoms with Gasteiger partial charge in [-0.15, -0.1) is 0 Å². The number of nitro benzene ring substituents is 1. The first kappa shape index (κ1) is 17.8. The molecule has 1 aliphatic heterocycles. The van der Waals surface area contributed by atoms with Crippen molar-refractivity contribution in [1.29, 1.82) is 0 Å². The minimum absolute atomic E-state index is 0.0741. The van der Waals surface area contributed by atoms with Crippen LogP contribution in [0.25, 0.3) is 6.08 Å². The first-order valence-electron chi connectivity index (χ1n) is 7.71. The summed E-state index contributed by atoms with van der Waals surface area (Å²) in [7, 11) is 1.47. The lowest BCUT2D eigenvalue weighted by molar-refractivity contribution is -0.385. The Labute approximate surface area is 153 Å². The van der Waals surface area contributed by atoms with E-state index in [2.05, 4.69) is 5.32 Å². The van der Waals surface area contributed by atoms with Gasteiger partial charge in [0.05, 0.1) is 23.3 Å². The van der Waals surface area contributed by atoms with E-state index >= 15 is 0 Å². The Hall–Kier alpha value is -4.01. The van der Waals surface area contributed by atoms with Crippen LogP contribution in [0.5, 0.6) is 5.75 Å². The van der Waals surface area contributed by atoms with Crippen molar-refractivity contribution in [3.63, 3.8) is 0 Å². The quantitative estimate of drug-likeness (QED) is 0.383. The molecule has 1 saturated heterocycles. The second kappa shape index (κ2) is 7.08. The minimum atomic E-state index is -0.923. The van der Waals surface area contributed by atoms with Gasteiger partial charge in [-0.05, 0) is 36.4 Å². The third kappa shape index (κ3) is 3.38. The van der Waals surface area contributed by atoms with Crippen molar-refractivity contribution >= 4 is 35.3 Å². The number of nitrogens with one attached hydrogen (secondary N) is 1. The number of amides is 4. The number of nitro groups is 1. The third-order valence-electron chi connectivity index (χ3n) is 3.87. The van der Waals surface area contributed by atoms with Crippen LogP contribution in [0.3, 0.4) is 0 Å². The number of hydrogen-bond donors (Lipinski definition) is 1. The number of rotatable bonds is 4. The number of para-hydroxylation sites is 1. The zero-order valence-electron chi connectivity index (χ0n) is 14.0. The molecule has 0 aliphatic carbocycles. The van der Waals surface area contributed by atoms with Gasteiger partial charge < -0.3 is 4.74 Å². The number of hydrogen-bond acceptors (Lipinski definition) is 6. The first-order valence-corrected chi connectivity index (χ1v) is 7.71. The zero-order chi connectivity index (χ0) is 19.6. The number of carbonyl (C=O) groups excluding carboxylic acids is 3. The van der Waals surface area contributed by atoms with E-state index in [4.69, 9.17) is 4.74 Å². The molecule has 1 N–H and O–H groups in total. The number of methoxy groups -OCH3 is 1. The van der Waals surface area contributed by atoms with Crippen LogP contribution in [0, 0.1) is 10.1 Å². The first-order chi connectivity index (χ1) is 12.9. The average molecular weight is 367 g/mol. The normalized spacial score (nSPS) is 15.7. The van der Waals surface area contributed by atoms with Crippen LogP contribution < -0.4 is 15.0 Å². The van der Waals surface area contributed by atoms with E-state index in [9.17, 15) is 24.5 Å². The van der Waals surface area contributed by atoms with Gasteiger partial charge in [0.15, 0.2) is 0 Å². The molecule has 0 aromatic heterocycles. The fraction of sp³-hybridized carbons (Fsp3) is 0.0556. The van der Waals surface area contributed by atoms with Gasteiger partial charge in [-0.25, -0.2) is 9.69 Å². The summed E-state index contributed by atoms with van der Waals surface area (Å²) >= 11 is 0. The van der Waals surface area contributed by atoms with E-state index in [1.807, 2.05) is 0 Å². The molecule has 1 fully saturated rings. The number of benzene rings is 2. The molecule has 0 atom stereocenters. The van der Waals surface area contributed by atoms with Crippen LogP contribution in [-0.2, 0) is 9.59 Å². The molecule has 0 radical (unpaired) electrons. The second-order valence-corrected chi connectivity index (χ2v) is 5.47. The third-order valence-corrected chi connectivity index (χ3v) is 3.87. The topological polar surface area (TPSA) is 119 Å². The number of nitrogens with zero attached hydrogens (tertiary/aromatic N) is 2. The van der Waals surface area contributed by atoms with E-state index in [1.165, 1.54) is 43.5 Å². The van der Waals surface area contributed by atoms with Crippen LogP contribution in [0.2, 0.25) is 0 Å². The highest BCUT2D eigenvalue weighted by atomic mass is 16.6. The molecule has 1 aliphatic rings. The Morgan fingerprint density at radius 1 is 1.07 bits per heavy atom. The molecule has 4 amide bonds. The lowest BCUT2D eigenvalue weighted by atomic mass is 10.1. The average Bonchev–Trinajstić information content (AvgIpc) is 2.65. The van der Waals surface area contributed by atoms with Gasteiger partial charge in [0.2, 0.25) is 0 Å². The van der Waals surface area contributed by atoms with Crippen molar-refractivity contribution in [2.75, 3.05) is 12.0 Å². The maximum Gasteiger partial charge on any atom is 0.335 e. The van der Waals surface area contributed by atoms with E-state index in [0.717, 1.165) is 11.0 Å². The Morgan fingerprint density at radius 2 is 1.74 bits per heavy atom. The fourth-order valence-electron chi connectivity index (χ4n) is 2.55. The molecule has 0 spiro atoms. The van der Waals surface area contributed by atoms with Crippen LogP contribution in [0.1, 0.15) is 5.56 Å². The highest BCUT2D eigenvalue weighted by molar-refractivity contribution is 6.39. The summed E-state index contributed by atoms with van der Waals surface area (Å²) < 4.78 is 5.03. The van der Waals surface area contributed by atoms with Crippen molar-refractivity contribution < 1.29 is 24.0 Å². The molecule has 3 rings (SSSR count). The van der Waals surface area contributed by atoms with Gasteiger partial charge in [-0.3, -0.25) is 25.0 Å². The van der Waals surface area contributed by atoms with Gasteiger partial charge >= 0.3 is 6.03 Å². The molecular weight excluding hydrogens is 354 g/mol. The molecule has 2 aromatic carbocycles. The molecule has 2 aromatic rings. The maximum atomic E-state index is 12.8. The highest BCUT2D eigenvalue weighted by Gasteiger charge is 2.37. The standard InChI is InChI=1S/C18H13N3O6/c1-27-13-8-6-12(7-9-13)20-17(23)14(16(22)19-18(20)24)10-11-4-2-3-5-15(11)21(25)26/h2-10H,1H3,(H,19,22,24). The van der Waals surface area contributed by atoms with Crippen LogP contribution in [0.4, 0.5) is 16.2 Å².